The van der Waals surface area contributed by atoms with Crippen molar-refractivity contribution in [1.82, 2.24) is 47.9 Å². The molecular formula is C51H78N14O18. The number of phenolic OH excluding ortho intramolecular Hbond substituents is 2. The minimum absolute atomic E-state index is 0.0222. The lowest BCUT2D eigenvalue weighted by atomic mass is 10.0. The fraction of sp³-hybridized carbons (Fsp3) is 0.510. The van der Waals surface area contributed by atoms with Crippen LogP contribution >= 0.6 is 0 Å². The van der Waals surface area contributed by atoms with Crippen LogP contribution in [0.3, 0.4) is 0 Å². The summed E-state index contributed by atoms with van der Waals surface area (Å²) < 4.78 is 0. The summed E-state index contributed by atoms with van der Waals surface area (Å²) in [4.78, 5) is 157. The van der Waals surface area contributed by atoms with Gasteiger partial charge in [-0.3, -0.25) is 62.5 Å². The molecule has 32 nitrogen and oxygen atoms in total. The van der Waals surface area contributed by atoms with Gasteiger partial charge in [0.1, 0.15) is 60.3 Å². The highest BCUT2D eigenvalue weighted by molar-refractivity contribution is 5.98. The highest BCUT2D eigenvalue weighted by Gasteiger charge is 2.36. The molecular weight excluding hydrogens is 1100 g/mol. The van der Waals surface area contributed by atoms with Crippen LogP contribution < -0.4 is 70.8 Å². The molecule has 0 aliphatic rings. The van der Waals surface area contributed by atoms with Crippen molar-refractivity contribution in [3.8, 4) is 11.5 Å². The number of amides is 10. The number of aliphatic carboxylic acids is 2. The Kier molecular flexibility index (Phi) is 32.0. The molecule has 83 heavy (non-hydrogen) atoms. The quantitative estimate of drug-likeness (QED) is 0.0176. The van der Waals surface area contributed by atoms with Crippen LogP contribution in [0.5, 0.6) is 11.5 Å². The molecule has 2 rings (SSSR count). The van der Waals surface area contributed by atoms with Crippen molar-refractivity contribution < 1.29 is 88.2 Å². The van der Waals surface area contributed by atoms with E-state index in [9.17, 15) is 83.1 Å². The number of aliphatic hydroxyl groups excluding tert-OH is 2. The number of nitrogens with one attached hydrogen (secondary N) is 9. The Balaban J connectivity index is 0.00000658. The minimum atomic E-state index is -1.79. The van der Waals surface area contributed by atoms with E-state index < -0.39 is 158 Å². The molecule has 23 N–H and O–H groups in total. The van der Waals surface area contributed by atoms with Gasteiger partial charge in [0.2, 0.25) is 59.1 Å². The largest absolute Gasteiger partial charge is 0.508 e. The zero-order valence-corrected chi connectivity index (χ0v) is 46.5. The van der Waals surface area contributed by atoms with E-state index in [0.717, 1.165) is 13.8 Å². The zero-order valence-electron chi connectivity index (χ0n) is 46.5. The monoisotopic (exact) mass is 1170 g/mol. The van der Waals surface area contributed by atoms with Crippen molar-refractivity contribution in [2.24, 2.45) is 33.8 Å². The highest BCUT2D eigenvalue weighted by atomic mass is 16.4. The maximum absolute atomic E-state index is 14.0. The van der Waals surface area contributed by atoms with E-state index in [1.807, 2.05) is 5.32 Å². The van der Waals surface area contributed by atoms with Gasteiger partial charge in [0.25, 0.3) is 0 Å². The number of carboxylic acid groups (broad SMARTS) is 2. The maximum Gasteiger partial charge on any atom is 0.322 e. The number of rotatable bonds is 34. The van der Waals surface area contributed by atoms with Crippen molar-refractivity contribution >= 4 is 77.0 Å². The summed E-state index contributed by atoms with van der Waals surface area (Å²) in [5, 5.41) is 79.8. The Labute approximate surface area is 477 Å². The van der Waals surface area contributed by atoms with E-state index in [-0.39, 0.29) is 55.6 Å². The summed E-state index contributed by atoms with van der Waals surface area (Å²) in [6.45, 7) is 4.78. The second kappa shape index (κ2) is 37.0. The number of aliphatic imine (C=N–C) groups is 1. The SMILES string of the molecule is CC(C)[C@H](NC(=O)[C@H](CCCN=C(N)N)NC(=O)[C@H](Cc1ccc(O)cc1)NC(=O)CN)C(=O)N[C@H](C(=O)NCC(=O)N[C@@H](Cc1ccc(O)cc1)C(=O)N[C@@H](CCC(=O)O)C(=O)N[C@H](C(=O)NCC(=O)O)[C@@H](C)O)[C@@H](C)O.CCC(N)=O. The first-order valence-electron chi connectivity index (χ1n) is 25.9. The maximum atomic E-state index is 14.0. The number of carbonyl (C=O) groups excluding carboxylic acids is 10. The molecule has 2 aromatic rings. The molecule has 0 spiro atoms. The number of hydrogen-bond acceptors (Lipinski definition) is 18. The summed E-state index contributed by atoms with van der Waals surface area (Å²) in [6, 6.07) is 0.0702. The summed E-state index contributed by atoms with van der Waals surface area (Å²) >= 11 is 0. The molecule has 2 aromatic carbocycles. The van der Waals surface area contributed by atoms with Gasteiger partial charge in [0.05, 0.1) is 25.3 Å². The molecule has 0 heterocycles. The lowest BCUT2D eigenvalue weighted by Gasteiger charge is -2.29. The standard InChI is InChI=1S/C48H71N13O17.C3H7NO/c1-23(2)38(59-41(72)30(6-5-17-52-48(50)51)57-43(74)32(55-34(66)20-49)18-26-7-11-28(64)12-8-26)47(78)61-40(25(4)63)45(76)53-21-35(67)56-33(19-27-9-13-29(65)14-10-27)44(75)58-31(15-16-36(68)69)42(73)60-39(24(3)62)46(77)54-22-37(70)71;1-2-3(4)5/h7-14,23-25,30-33,38-40,62-65H,5-6,15-22,49H2,1-4H3,(H,53,76)(H,54,77)(H,55,66)(H,56,67)(H,57,74)(H,58,75)(H,59,72)(H,60,73)(H,61,78)(H,68,69)(H,70,71)(H4,50,51,52);2H2,1H3,(H2,4,5)/t24-,25-,30+,31+,32+,33+,38+,39+,40+;/m1./s1. The van der Waals surface area contributed by atoms with Gasteiger partial charge in [-0.15, -0.1) is 0 Å². The molecule has 0 aromatic heterocycles. The smallest absolute Gasteiger partial charge is 0.322 e. The molecule has 0 saturated carbocycles. The molecule has 0 aliphatic heterocycles. The van der Waals surface area contributed by atoms with Gasteiger partial charge in [-0.2, -0.15) is 0 Å². The predicted molar refractivity (Wildman–Crippen MR) is 294 cm³/mol. The van der Waals surface area contributed by atoms with Gasteiger partial charge in [0, 0.05) is 32.2 Å². The second-order valence-electron chi connectivity index (χ2n) is 19.0. The third kappa shape index (κ3) is 28.7. The van der Waals surface area contributed by atoms with E-state index in [1.165, 1.54) is 62.4 Å². The molecule has 9 atom stereocenters. The normalized spacial score (nSPS) is 13.9. The van der Waals surface area contributed by atoms with Crippen molar-refractivity contribution in [2.45, 2.75) is 134 Å². The Bertz CT molecular complexity index is 2560. The Hall–Kier alpha value is -9.17. The first-order valence-corrected chi connectivity index (χ1v) is 25.9. The molecule has 32 heteroatoms. The van der Waals surface area contributed by atoms with E-state index in [0.29, 0.717) is 17.5 Å². The van der Waals surface area contributed by atoms with Gasteiger partial charge in [-0.1, -0.05) is 45.0 Å². The lowest BCUT2D eigenvalue weighted by molar-refractivity contribution is -0.139. The minimum Gasteiger partial charge on any atom is -0.508 e. The van der Waals surface area contributed by atoms with Gasteiger partial charge < -0.3 is 101 Å². The number of hydrogen-bond donors (Lipinski definition) is 19. The van der Waals surface area contributed by atoms with Crippen LogP contribution in [-0.2, 0) is 70.4 Å². The summed E-state index contributed by atoms with van der Waals surface area (Å²) in [6.07, 6.45) is -4.51. The van der Waals surface area contributed by atoms with Crippen molar-refractivity contribution in [2.75, 3.05) is 26.2 Å². The predicted octanol–water partition coefficient (Wildman–Crippen LogP) is -6.23. The van der Waals surface area contributed by atoms with Gasteiger partial charge in [-0.05, 0) is 74.4 Å². The van der Waals surface area contributed by atoms with Crippen LogP contribution in [0.1, 0.15) is 77.8 Å². The number of nitrogens with two attached hydrogens (primary N) is 4. The molecule has 0 radical (unpaired) electrons. The number of primary amides is 1. The topological polar surface area (TPSA) is 551 Å². The fourth-order valence-electron chi connectivity index (χ4n) is 7.15. The van der Waals surface area contributed by atoms with E-state index in [4.69, 9.17) is 22.3 Å². The average molecular weight is 1180 g/mol. The molecule has 10 amide bonds. The molecule has 460 valence electrons. The number of phenols is 2. The second-order valence-corrected chi connectivity index (χ2v) is 19.0. The van der Waals surface area contributed by atoms with Gasteiger partial charge in [0.15, 0.2) is 5.96 Å². The lowest BCUT2D eigenvalue weighted by Crippen LogP contribution is -2.61. The number of aliphatic hydroxyl groups is 2. The molecule has 0 bridgehead atoms. The van der Waals surface area contributed by atoms with Crippen LogP contribution in [-0.4, -0.2) is 188 Å². The van der Waals surface area contributed by atoms with Crippen molar-refractivity contribution in [3.63, 3.8) is 0 Å². The Morgan fingerprint density at radius 3 is 1.29 bits per heavy atom. The van der Waals surface area contributed by atoms with Crippen LogP contribution in [0.2, 0.25) is 0 Å². The van der Waals surface area contributed by atoms with E-state index >= 15 is 0 Å². The number of carbonyl (C=O) groups is 12. The third-order valence-corrected chi connectivity index (χ3v) is 11.7. The van der Waals surface area contributed by atoms with Crippen LogP contribution in [0.25, 0.3) is 0 Å². The van der Waals surface area contributed by atoms with E-state index in [1.54, 1.807) is 6.92 Å². The van der Waals surface area contributed by atoms with E-state index in [2.05, 4.69) is 53.3 Å². The first kappa shape index (κ1) is 71.8. The van der Waals surface area contributed by atoms with Crippen molar-refractivity contribution in [1.29, 1.82) is 0 Å². The van der Waals surface area contributed by atoms with Gasteiger partial charge >= 0.3 is 11.9 Å². The molecule has 0 fully saturated rings. The average Bonchev–Trinajstić information content (AvgIpc) is 3.48. The Morgan fingerprint density at radius 2 is 0.904 bits per heavy atom. The number of aromatic hydroxyl groups is 2. The number of guanidine groups is 1. The summed E-state index contributed by atoms with van der Waals surface area (Å²) in [7, 11) is 0. The first-order chi connectivity index (χ1) is 38.9. The van der Waals surface area contributed by atoms with Crippen LogP contribution in [0.15, 0.2) is 53.5 Å². The third-order valence-electron chi connectivity index (χ3n) is 11.7. The number of benzene rings is 2. The number of nitrogens with zero attached hydrogens (tertiary/aromatic N) is 1. The highest BCUT2D eigenvalue weighted by Crippen LogP contribution is 2.15. The molecule has 0 aliphatic carbocycles. The summed E-state index contributed by atoms with van der Waals surface area (Å²) in [5.74, 6) is -13.3. The van der Waals surface area contributed by atoms with Gasteiger partial charge in [-0.25, -0.2) is 0 Å². The Morgan fingerprint density at radius 1 is 0.506 bits per heavy atom. The molecule has 0 saturated heterocycles. The zero-order chi connectivity index (χ0) is 63.1. The van der Waals surface area contributed by atoms with Crippen LogP contribution in [0, 0.1) is 5.92 Å². The van der Waals surface area contributed by atoms with Crippen LogP contribution in [0.4, 0.5) is 0 Å². The van der Waals surface area contributed by atoms with Crippen molar-refractivity contribution in [3.05, 3.63) is 59.7 Å². The molecule has 0 unspecified atom stereocenters. The summed E-state index contributed by atoms with van der Waals surface area (Å²) in [5.41, 5.74) is 21.9. The fourth-order valence-corrected chi connectivity index (χ4v) is 7.15. The number of carboxylic acids is 2.